The molecule has 0 amide bonds. The molecule has 0 spiro atoms. The molecule has 0 saturated carbocycles. The molecule has 0 N–H and O–H groups in total. The molecule has 0 saturated heterocycles. The fourth-order valence-electron chi connectivity index (χ4n) is 9.75. The molecule has 7 aromatic carbocycles. The van der Waals surface area contributed by atoms with Gasteiger partial charge in [-0.05, 0) is 143 Å². The molecule has 2 aliphatic rings. The van der Waals surface area contributed by atoms with Gasteiger partial charge in [0.25, 0.3) is 0 Å². The van der Waals surface area contributed by atoms with Gasteiger partial charge in [0.2, 0.25) is 0 Å². The molecule has 10 rings (SSSR count). The van der Waals surface area contributed by atoms with Crippen molar-refractivity contribution >= 4 is 78.2 Å². The van der Waals surface area contributed by atoms with Gasteiger partial charge in [-0.3, -0.25) is 0 Å². The summed E-state index contributed by atoms with van der Waals surface area (Å²) in [4.78, 5) is 2.61. The molecular formula is C54H55BN2. The SMILES string of the molecule is CC(C)(C)c1cc(N2c3cccc4c3B(c3c2ccc2cc5ccccc5cc32)n2c3ccc(C(C)(C)C)cc3c3cc(C(C)(C)C)cc-4c32)cc(C(C)(C)C)c1. The van der Waals surface area contributed by atoms with Crippen molar-refractivity contribution in [2.24, 2.45) is 0 Å². The number of aromatic nitrogens is 1. The Labute approximate surface area is 339 Å². The van der Waals surface area contributed by atoms with Gasteiger partial charge in [-0.2, -0.15) is 0 Å². The number of hydrogen-bond acceptors (Lipinski definition) is 1. The van der Waals surface area contributed by atoms with E-state index in [0.29, 0.717) is 0 Å². The van der Waals surface area contributed by atoms with Crippen molar-refractivity contribution < 1.29 is 0 Å². The highest BCUT2D eigenvalue weighted by Gasteiger charge is 2.44. The van der Waals surface area contributed by atoms with Crippen LogP contribution in [0.3, 0.4) is 0 Å². The van der Waals surface area contributed by atoms with Crippen LogP contribution in [0.4, 0.5) is 17.1 Å². The molecule has 0 fully saturated rings. The summed E-state index contributed by atoms with van der Waals surface area (Å²) in [5.41, 5.74) is 17.3. The molecule has 3 heterocycles. The van der Waals surface area contributed by atoms with Crippen LogP contribution in [-0.2, 0) is 21.7 Å². The highest BCUT2D eigenvalue weighted by molar-refractivity contribution is 6.91. The average molecular weight is 743 g/mol. The van der Waals surface area contributed by atoms with E-state index in [9.17, 15) is 0 Å². The molecular weight excluding hydrogens is 687 g/mol. The predicted molar refractivity (Wildman–Crippen MR) is 250 cm³/mol. The summed E-state index contributed by atoms with van der Waals surface area (Å²) in [6.45, 7) is 28.1. The molecule has 8 aromatic rings. The van der Waals surface area contributed by atoms with Crippen LogP contribution < -0.4 is 15.8 Å². The topological polar surface area (TPSA) is 8.17 Å². The largest absolute Gasteiger partial charge is 0.375 e. The van der Waals surface area contributed by atoms with Crippen LogP contribution in [-0.4, -0.2) is 11.3 Å². The standard InChI is InChI=1S/C54H55BN2/c1-51(2,3)35-21-23-45-42(29-35)44-31-38(54(10,11)12)30-43-40-18-15-19-46-48(40)55(57(45)50(43)44)49-41-25-33-17-14-13-16-32(33)24-34(41)20-22-47(49)56(46)39-27-36(52(4,5)6)26-37(28-39)53(7,8)9/h13-31H,1-12H3. The Hall–Kier alpha value is -5.28. The fourth-order valence-corrected chi connectivity index (χ4v) is 9.75. The molecule has 57 heavy (non-hydrogen) atoms. The van der Waals surface area contributed by atoms with Crippen LogP contribution in [0, 0.1) is 0 Å². The van der Waals surface area contributed by atoms with Gasteiger partial charge in [0.05, 0.1) is 0 Å². The molecule has 0 bridgehead atoms. The summed E-state index contributed by atoms with van der Waals surface area (Å²) in [5.74, 6) is 0. The Bertz CT molecular complexity index is 2970. The smallest absolute Gasteiger partial charge is 0.333 e. The van der Waals surface area contributed by atoms with Crippen molar-refractivity contribution in [2.45, 2.75) is 105 Å². The van der Waals surface area contributed by atoms with E-state index in [2.05, 4.69) is 208 Å². The summed E-state index contributed by atoms with van der Waals surface area (Å²) in [5, 5.41) is 7.86. The van der Waals surface area contributed by atoms with E-state index >= 15 is 0 Å². The summed E-state index contributed by atoms with van der Waals surface area (Å²) < 4.78 is 2.74. The first-order valence-corrected chi connectivity index (χ1v) is 21.0. The zero-order valence-corrected chi connectivity index (χ0v) is 35.9. The molecule has 2 nitrogen and oxygen atoms in total. The number of hydrogen-bond donors (Lipinski definition) is 0. The zero-order chi connectivity index (χ0) is 40.1. The maximum Gasteiger partial charge on any atom is 0.333 e. The van der Waals surface area contributed by atoms with Crippen LogP contribution in [0.5, 0.6) is 0 Å². The number of fused-ring (bicyclic) bond motifs is 10. The third kappa shape index (κ3) is 5.37. The van der Waals surface area contributed by atoms with Gasteiger partial charge in [0.15, 0.2) is 0 Å². The summed E-state index contributed by atoms with van der Waals surface area (Å²) in [7, 11) is 0. The van der Waals surface area contributed by atoms with Gasteiger partial charge < -0.3 is 9.38 Å². The minimum atomic E-state index is -0.0197. The first kappa shape index (κ1) is 36.1. The molecule has 2 aliphatic heterocycles. The second-order valence-corrected chi connectivity index (χ2v) is 21.2. The highest BCUT2D eigenvalue weighted by Crippen LogP contribution is 2.49. The summed E-state index contributed by atoms with van der Waals surface area (Å²) in [6.07, 6.45) is 0. The highest BCUT2D eigenvalue weighted by atomic mass is 15.2. The predicted octanol–water partition coefficient (Wildman–Crippen LogP) is 13.7. The first-order chi connectivity index (χ1) is 26.8. The number of nitrogens with zero attached hydrogens (tertiary/aromatic N) is 2. The second-order valence-electron chi connectivity index (χ2n) is 21.2. The van der Waals surface area contributed by atoms with Crippen molar-refractivity contribution in [2.75, 3.05) is 4.90 Å². The van der Waals surface area contributed by atoms with Crippen molar-refractivity contribution in [3.8, 4) is 11.1 Å². The van der Waals surface area contributed by atoms with E-state index in [-0.39, 0.29) is 28.5 Å². The minimum absolute atomic E-state index is 0.0144. The van der Waals surface area contributed by atoms with Crippen LogP contribution in [0.2, 0.25) is 0 Å². The Morgan fingerprint density at radius 2 is 1.00 bits per heavy atom. The van der Waals surface area contributed by atoms with E-state index < -0.39 is 0 Å². The van der Waals surface area contributed by atoms with Crippen LogP contribution in [0.15, 0.2) is 115 Å². The first-order valence-electron chi connectivity index (χ1n) is 21.0. The second kappa shape index (κ2) is 11.7. The lowest BCUT2D eigenvalue weighted by Gasteiger charge is -2.42. The van der Waals surface area contributed by atoms with Crippen LogP contribution >= 0.6 is 0 Å². The maximum absolute atomic E-state index is 2.74. The molecule has 0 radical (unpaired) electrons. The quantitative estimate of drug-likeness (QED) is 0.120. The lowest BCUT2D eigenvalue weighted by molar-refractivity contribution is 0.569. The monoisotopic (exact) mass is 742 g/mol. The fraction of sp³-hybridized carbons (Fsp3) is 0.296. The van der Waals surface area contributed by atoms with Gasteiger partial charge in [-0.1, -0.05) is 138 Å². The van der Waals surface area contributed by atoms with E-state index in [0.717, 1.165) is 0 Å². The van der Waals surface area contributed by atoms with E-state index in [1.807, 2.05) is 0 Å². The maximum atomic E-state index is 2.74. The molecule has 284 valence electrons. The van der Waals surface area contributed by atoms with Crippen molar-refractivity contribution in [1.82, 2.24) is 4.48 Å². The van der Waals surface area contributed by atoms with E-state index in [1.54, 1.807) is 0 Å². The molecule has 1 aromatic heterocycles. The summed E-state index contributed by atoms with van der Waals surface area (Å²) in [6, 6.07) is 45.3. The van der Waals surface area contributed by atoms with Crippen LogP contribution in [0.25, 0.3) is 54.5 Å². The third-order valence-electron chi connectivity index (χ3n) is 13.1. The minimum Gasteiger partial charge on any atom is -0.375 e. The average Bonchev–Trinajstić information content (AvgIpc) is 3.47. The Balaban J connectivity index is 1.40. The molecule has 0 atom stereocenters. The van der Waals surface area contributed by atoms with Crippen LogP contribution in [0.1, 0.15) is 105 Å². The third-order valence-corrected chi connectivity index (χ3v) is 13.1. The molecule has 3 heteroatoms. The Morgan fingerprint density at radius 3 is 1.65 bits per heavy atom. The van der Waals surface area contributed by atoms with Crippen molar-refractivity contribution in [3.05, 3.63) is 138 Å². The normalized spacial score (nSPS) is 14.2. The number of anilines is 3. The van der Waals surface area contributed by atoms with Gasteiger partial charge in [0, 0.05) is 44.4 Å². The number of benzene rings is 7. The van der Waals surface area contributed by atoms with Gasteiger partial charge in [0.1, 0.15) is 0 Å². The molecule has 0 unspecified atom stereocenters. The van der Waals surface area contributed by atoms with Crippen molar-refractivity contribution in [1.29, 1.82) is 0 Å². The Morgan fingerprint density at radius 1 is 0.404 bits per heavy atom. The molecule has 0 aliphatic carbocycles. The van der Waals surface area contributed by atoms with E-state index in [4.69, 9.17) is 0 Å². The summed E-state index contributed by atoms with van der Waals surface area (Å²) >= 11 is 0. The lowest BCUT2D eigenvalue weighted by Crippen LogP contribution is -2.57. The Kier molecular flexibility index (Phi) is 7.38. The van der Waals surface area contributed by atoms with Gasteiger partial charge >= 0.3 is 6.85 Å². The van der Waals surface area contributed by atoms with E-state index in [1.165, 1.54) is 105 Å². The number of rotatable bonds is 1. The lowest BCUT2D eigenvalue weighted by atomic mass is 9.44. The zero-order valence-electron chi connectivity index (χ0n) is 35.9. The van der Waals surface area contributed by atoms with Gasteiger partial charge in [-0.25, -0.2) is 0 Å². The van der Waals surface area contributed by atoms with Gasteiger partial charge in [-0.15, -0.1) is 0 Å². The van der Waals surface area contributed by atoms with Crippen molar-refractivity contribution in [3.63, 3.8) is 0 Å².